The highest BCUT2D eigenvalue weighted by Gasteiger charge is 2.19. The fourth-order valence-corrected chi connectivity index (χ4v) is 0.939. The van der Waals surface area contributed by atoms with Gasteiger partial charge >= 0.3 is 5.97 Å². The number of rotatable bonds is 1. The lowest BCUT2D eigenvalue weighted by atomic mass is 9.91. The lowest BCUT2D eigenvalue weighted by molar-refractivity contribution is 0.0697. The quantitative estimate of drug-likeness (QED) is 0.699. The van der Waals surface area contributed by atoms with Crippen LogP contribution in [0.2, 0.25) is 0 Å². The average molecular weight is 195 g/mol. The second-order valence-corrected chi connectivity index (χ2v) is 4.08. The van der Waals surface area contributed by atoms with Crippen LogP contribution in [0, 0.1) is 0 Å². The van der Waals surface area contributed by atoms with Gasteiger partial charge in [-0.15, -0.1) is 5.10 Å². The number of carboxylic acids is 1. The third-order valence-electron chi connectivity index (χ3n) is 1.82. The van der Waals surface area contributed by atoms with Crippen LogP contribution < -0.4 is 5.73 Å². The number of carboxylic acid groups (broad SMARTS) is 1. The number of aromatic carboxylic acids is 1. The Bertz CT molecular complexity index is 369. The van der Waals surface area contributed by atoms with Crippen molar-refractivity contribution >= 4 is 11.8 Å². The van der Waals surface area contributed by atoms with Crippen LogP contribution in [0.1, 0.15) is 36.8 Å². The van der Waals surface area contributed by atoms with Crippen LogP contribution in [0.25, 0.3) is 0 Å². The highest BCUT2D eigenvalue weighted by atomic mass is 16.4. The van der Waals surface area contributed by atoms with E-state index in [1.165, 1.54) is 6.07 Å². The Labute approximate surface area is 82.0 Å². The summed E-state index contributed by atoms with van der Waals surface area (Å²) in [6.45, 7) is 5.79. The topological polar surface area (TPSA) is 89.1 Å². The van der Waals surface area contributed by atoms with Crippen LogP contribution in [0.3, 0.4) is 0 Å². The summed E-state index contributed by atoms with van der Waals surface area (Å²) in [5.41, 5.74) is 5.77. The molecule has 1 aromatic heterocycles. The second-order valence-electron chi connectivity index (χ2n) is 4.08. The maximum absolute atomic E-state index is 10.8. The van der Waals surface area contributed by atoms with Crippen molar-refractivity contribution in [1.29, 1.82) is 0 Å². The Hall–Kier alpha value is -1.65. The first-order chi connectivity index (χ1) is 6.32. The molecule has 0 radical (unpaired) electrons. The minimum Gasteiger partial charge on any atom is -0.478 e. The molecule has 5 heteroatoms. The molecule has 0 aliphatic carbocycles. The van der Waals surface area contributed by atoms with Gasteiger partial charge in [0.05, 0.1) is 5.69 Å². The van der Waals surface area contributed by atoms with E-state index in [0.29, 0.717) is 5.69 Å². The van der Waals surface area contributed by atoms with Gasteiger partial charge in [-0.05, 0) is 6.07 Å². The van der Waals surface area contributed by atoms with Gasteiger partial charge in [0.1, 0.15) is 5.56 Å². The van der Waals surface area contributed by atoms with Crippen molar-refractivity contribution in [3.8, 4) is 0 Å². The highest BCUT2D eigenvalue weighted by Crippen LogP contribution is 2.21. The monoisotopic (exact) mass is 195 g/mol. The first-order valence-corrected chi connectivity index (χ1v) is 4.19. The third-order valence-corrected chi connectivity index (χ3v) is 1.82. The van der Waals surface area contributed by atoms with Gasteiger partial charge in [-0.3, -0.25) is 0 Å². The number of nitrogen functional groups attached to an aromatic ring is 1. The zero-order valence-electron chi connectivity index (χ0n) is 8.40. The number of nitrogens with two attached hydrogens (primary N) is 1. The first-order valence-electron chi connectivity index (χ1n) is 4.19. The third kappa shape index (κ3) is 1.99. The number of hydrogen-bond donors (Lipinski definition) is 2. The SMILES string of the molecule is CC(C)(C)c1cc(C(=O)O)c(N)nn1. The summed E-state index contributed by atoms with van der Waals surface area (Å²) in [6, 6.07) is 1.46. The Morgan fingerprint density at radius 2 is 2.00 bits per heavy atom. The number of hydrogen-bond acceptors (Lipinski definition) is 4. The van der Waals surface area contributed by atoms with E-state index in [9.17, 15) is 4.79 Å². The van der Waals surface area contributed by atoms with Crippen LogP contribution in [-0.2, 0) is 5.41 Å². The molecule has 0 atom stereocenters. The number of anilines is 1. The smallest absolute Gasteiger partial charge is 0.339 e. The summed E-state index contributed by atoms with van der Waals surface area (Å²) in [5.74, 6) is -1.13. The molecule has 0 aliphatic rings. The van der Waals surface area contributed by atoms with E-state index in [0.717, 1.165) is 0 Å². The average Bonchev–Trinajstić information content (AvgIpc) is 2.02. The number of nitrogens with zero attached hydrogens (tertiary/aromatic N) is 2. The maximum atomic E-state index is 10.8. The Balaban J connectivity index is 3.27. The highest BCUT2D eigenvalue weighted by molar-refractivity contribution is 5.92. The van der Waals surface area contributed by atoms with Crippen LogP contribution in [-0.4, -0.2) is 21.3 Å². The van der Waals surface area contributed by atoms with Gasteiger partial charge < -0.3 is 10.8 Å². The van der Waals surface area contributed by atoms with Crippen molar-refractivity contribution in [3.63, 3.8) is 0 Å². The molecule has 0 aliphatic heterocycles. The molecule has 0 amide bonds. The molecule has 0 unspecified atom stereocenters. The Kier molecular flexibility index (Phi) is 2.42. The molecule has 76 valence electrons. The van der Waals surface area contributed by atoms with E-state index in [1.54, 1.807) is 0 Å². The normalized spacial score (nSPS) is 11.4. The molecule has 0 fully saturated rings. The molecular formula is C9H13N3O2. The lowest BCUT2D eigenvalue weighted by Crippen LogP contribution is -2.17. The molecular weight excluding hydrogens is 182 g/mol. The van der Waals surface area contributed by atoms with E-state index in [4.69, 9.17) is 10.8 Å². The molecule has 1 aromatic rings. The van der Waals surface area contributed by atoms with E-state index in [1.807, 2.05) is 20.8 Å². The second kappa shape index (κ2) is 3.25. The molecule has 5 nitrogen and oxygen atoms in total. The summed E-state index contributed by atoms with van der Waals surface area (Å²) in [4.78, 5) is 10.8. The van der Waals surface area contributed by atoms with E-state index in [-0.39, 0.29) is 16.8 Å². The molecule has 0 spiro atoms. The summed E-state index contributed by atoms with van der Waals surface area (Å²) in [5, 5.41) is 16.3. The Morgan fingerprint density at radius 3 is 2.43 bits per heavy atom. The van der Waals surface area contributed by atoms with Gasteiger partial charge in [0, 0.05) is 5.41 Å². The van der Waals surface area contributed by atoms with Gasteiger partial charge in [-0.2, -0.15) is 5.10 Å². The van der Waals surface area contributed by atoms with Gasteiger partial charge in [-0.1, -0.05) is 20.8 Å². The molecule has 0 bridgehead atoms. The predicted octanol–water partition coefficient (Wildman–Crippen LogP) is 1.05. The summed E-state index contributed by atoms with van der Waals surface area (Å²) in [6.07, 6.45) is 0. The van der Waals surface area contributed by atoms with Crippen molar-refractivity contribution < 1.29 is 9.90 Å². The van der Waals surface area contributed by atoms with Crippen LogP contribution in [0.5, 0.6) is 0 Å². The zero-order chi connectivity index (χ0) is 10.9. The first kappa shape index (κ1) is 10.4. The summed E-state index contributed by atoms with van der Waals surface area (Å²) < 4.78 is 0. The minimum atomic E-state index is -1.08. The summed E-state index contributed by atoms with van der Waals surface area (Å²) in [7, 11) is 0. The van der Waals surface area contributed by atoms with Gasteiger partial charge in [-0.25, -0.2) is 4.79 Å². The maximum Gasteiger partial charge on any atom is 0.339 e. The fourth-order valence-electron chi connectivity index (χ4n) is 0.939. The van der Waals surface area contributed by atoms with E-state index < -0.39 is 5.97 Å². The fraction of sp³-hybridized carbons (Fsp3) is 0.444. The van der Waals surface area contributed by atoms with Gasteiger partial charge in [0.15, 0.2) is 5.82 Å². The molecule has 1 heterocycles. The van der Waals surface area contributed by atoms with Crippen molar-refractivity contribution in [2.45, 2.75) is 26.2 Å². The minimum absolute atomic E-state index is 0.00456. The standard InChI is InChI=1S/C9H13N3O2/c1-9(2,3)6-4-5(8(13)14)7(10)12-11-6/h4H,1-3H3,(H2,10,12)(H,13,14). The van der Waals surface area contributed by atoms with Crippen LogP contribution >= 0.6 is 0 Å². The van der Waals surface area contributed by atoms with E-state index >= 15 is 0 Å². The number of aromatic nitrogens is 2. The summed E-state index contributed by atoms with van der Waals surface area (Å²) >= 11 is 0. The zero-order valence-corrected chi connectivity index (χ0v) is 8.40. The molecule has 0 saturated heterocycles. The van der Waals surface area contributed by atoms with Crippen molar-refractivity contribution in [1.82, 2.24) is 10.2 Å². The largest absolute Gasteiger partial charge is 0.478 e. The molecule has 0 aromatic carbocycles. The lowest BCUT2D eigenvalue weighted by Gasteiger charge is -2.17. The molecule has 0 saturated carbocycles. The number of carbonyl (C=O) groups is 1. The van der Waals surface area contributed by atoms with Crippen LogP contribution in [0.4, 0.5) is 5.82 Å². The van der Waals surface area contributed by atoms with E-state index in [2.05, 4.69) is 10.2 Å². The Morgan fingerprint density at radius 1 is 1.43 bits per heavy atom. The van der Waals surface area contributed by atoms with Crippen LogP contribution in [0.15, 0.2) is 6.07 Å². The van der Waals surface area contributed by atoms with Crippen molar-refractivity contribution in [2.75, 3.05) is 5.73 Å². The van der Waals surface area contributed by atoms with Gasteiger partial charge in [0.25, 0.3) is 0 Å². The van der Waals surface area contributed by atoms with Crippen molar-refractivity contribution in [3.05, 3.63) is 17.3 Å². The molecule has 3 N–H and O–H groups in total. The molecule has 14 heavy (non-hydrogen) atoms. The molecule has 1 rings (SSSR count). The predicted molar refractivity (Wildman–Crippen MR) is 52.1 cm³/mol. The van der Waals surface area contributed by atoms with Gasteiger partial charge in [0.2, 0.25) is 0 Å². The van der Waals surface area contributed by atoms with Crippen molar-refractivity contribution in [2.24, 2.45) is 0 Å².